The summed E-state index contributed by atoms with van der Waals surface area (Å²) in [7, 11) is 1.55. The average molecular weight is 442 g/mol. The number of rotatable bonds is 7. The number of carbonyl (C=O) groups is 1. The molecule has 4 aromatic rings. The van der Waals surface area contributed by atoms with Gasteiger partial charge in [0, 0.05) is 5.02 Å². The van der Waals surface area contributed by atoms with Gasteiger partial charge in [-0.05, 0) is 36.4 Å². The maximum atomic E-state index is 12.0. The summed E-state index contributed by atoms with van der Waals surface area (Å²) in [6.07, 6.45) is 1.41. The molecule has 1 amide bonds. The van der Waals surface area contributed by atoms with Gasteiger partial charge in [-0.1, -0.05) is 35.1 Å². The normalized spacial score (nSPS) is 10.7. The molecule has 2 heterocycles. The summed E-state index contributed by atoms with van der Waals surface area (Å²) in [5.74, 6) is 1.05. The van der Waals surface area contributed by atoms with Crippen molar-refractivity contribution in [2.45, 2.75) is 6.61 Å². The van der Waals surface area contributed by atoms with Crippen molar-refractivity contribution < 1.29 is 14.3 Å². The van der Waals surface area contributed by atoms with E-state index >= 15 is 0 Å². The number of imidazole rings is 1. The molecule has 30 heavy (non-hydrogen) atoms. The zero-order valence-corrected chi connectivity index (χ0v) is 17.4. The van der Waals surface area contributed by atoms with Gasteiger partial charge in [-0.2, -0.15) is 0 Å². The molecule has 2 aromatic carbocycles. The van der Waals surface area contributed by atoms with Crippen LogP contribution in [0.5, 0.6) is 11.5 Å². The third kappa shape index (κ3) is 3.98. The number of carbonyl (C=O) groups excluding carboxylic acids is 1. The van der Waals surface area contributed by atoms with Crippen molar-refractivity contribution in [3.8, 4) is 28.0 Å². The highest BCUT2D eigenvalue weighted by molar-refractivity contribution is 7.14. The van der Waals surface area contributed by atoms with Gasteiger partial charge in [-0.25, -0.2) is 4.98 Å². The number of aromatic nitrogens is 4. The molecule has 0 aliphatic rings. The Labute approximate surface area is 180 Å². The number of amides is 1. The summed E-state index contributed by atoms with van der Waals surface area (Å²) in [6.45, 7) is 0.233. The largest absolute Gasteiger partial charge is 0.495 e. The molecule has 0 unspecified atom stereocenters. The number of hydrogen-bond acceptors (Lipinski definition) is 7. The molecular formula is C20H16ClN5O3S. The van der Waals surface area contributed by atoms with Crippen molar-refractivity contribution in [1.82, 2.24) is 19.7 Å². The molecular weight excluding hydrogens is 426 g/mol. The van der Waals surface area contributed by atoms with Crippen molar-refractivity contribution >= 4 is 28.8 Å². The first-order valence-electron chi connectivity index (χ1n) is 8.79. The Morgan fingerprint density at radius 1 is 1.17 bits per heavy atom. The van der Waals surface area contributed by atoms with Gasteiger partial charge in [-0.3, -0.25) is 9.36 Å². The summed E-state index contributed by atoms with van der Waals surface area (Å²) >= 11 is 7.19. The summed E-state index contributed by atoms with van der Waals surface area (Å²) in [6, 6.07) is 14.3. The van der Waals surface area contributed by atoms with Gasteiger partial charge in [0.2, 0.25) is 0 Å². The van der Waals surface area contributed by atoms with Gasteiger partial charge >= 0.3 is 0 Å². The molecule has 0 atom stereocenters. The lowest BCUT2D eigenvalue weighted by molar-refractivity contribution is 0.0994. The first kappa shape index (κ1) is 19.9. The summed E-state index contributed by atoms with van der Waals surface area (Å²) in [5.41, 5.74) is 6.39. The Hall–Kier alpha value is -3.43. The van der Waals surface area contributed by atoms with E-state index in [1.165, 1.54) is 17.5 Å². The van der Waals surface area contributed by atoms with E-state index in [1.54, 1.807) is 42.0 Å². The highest BCUT2D eigenvalue weighted by atomic mass is 35.5. The predicted molar refractivity (Wildman–Crippen MR) is 113 cm³/mol. The highest BCUT2D eigenvalue weighted by Gasteiger charge is 2.22. The maximum absolute atomic E-state index is 12.0. The fourth-order valence-electron chi connectivity index (χ4n) is 2.81. The van der Waals surface area contributed by atoms with Crippen molar-refractivity contribution in [2.75, 3.05) is 7.11 Å². The van der Waals surface area contributed by atoms with E-state index in [-0.39, 0.29) is 12.3 Å². The van der Waals surface area contributed by atoms with Crippen molar-refractivity contribution in [2.24, 2.45) is 5.73 Å². The van der Waals surface area contributed by atoms with Crippen LogP contribution in [-0.2, 0) is 6.61 Å². The first-order chi connectivity index (χ1) is 14.6. The SMILES string of the molecule is COc1ccccc1-n1c(C(N)=O)cnc1-c1nnc(COc2ccc(Cl)cc2)s1. The van der Waals surface area contributed by atoms with Gasteiger partial charge < -0.3 is 15.2 Å². The molecule has 0 saturated heterocycles. The molecule has 8 nitrogen and oxygen atoms in total. The minimum Gasteiger partial charge on any atom is -0.495 e. The zero-order chi connectivity index (χ0) is 21.1. The highest BCUT2D eigenvalue weighted by Crippen LogP contribution is 2.31. The van der Waals surface area contributed by atoms with Crippen LogP contribution in [-0.4, -0.2) is 32.8 Å². The van der Waals surface area contributed by atoms with Crippen LogP contribution in [0.2, 0.25) is 5.02 Å². The van der Waals surface area contributed by atoms with E-state index in [0.717, 1.165) is 0 Å². The Kier molecular flexibility index (Phi) is 5.64. The number of para-hydroxylation sites is 2. The van der Waals surface area contributed by atoms with Crippen molar-refractivity contribution in [1.29, 1.82) is 0 Å². The molecule has 2 aromatic heterocycles. The van der Waals surface area contributed by atoms with Crippen LogP contribution in [0.3, 0.4) is 0 Å². The van der Waals surface area contributed by atoms with E-state index < -0.39 is 5.91 Å². The molecule has 0 aliphatic heterocycles. The summed E-state index contributed by atoms with van der Waals surface area (Å²) in [4.78, 5) is 16.3. The molecule has 152 valence electrons. The van der Waals surface area contributed by atoms with Crippen LogP contribution in [0.4, 0.5) is 0 Å². The molecule has 10 heteroatoms. The molecule has 0 saturated carbocycles. The Bertz CT molecular complexity index is 1190. The quantitative estimate of drug-likeness (QED) is 0.468. The second-order valence-corrected chi connectivity index (χ2v) is 7.58. The predicted octanol–water partition coefficient (Wildman–Crippen LogP) is 3.73. The Balaban J connectivity index is 1.66. The number of ether oxygens (including phenoxy) is 2. The van der Waals surface area contributed by atoms with Crippen molar-refractivity contribution in [3.05, 3.63) is 70.5 Å². The van der Waals surface area contributed by atoms with E-state index in [9.17, 15) is 4.79 Å². The number of nitrogens with two attached hydrogens (primary N) is 1. The lowest BCUT2D eigenvalue weighted by Crippen LogP contribution is -2.16. The van der Waals surface area contributed by atoms with Gasteiger partial charge in [0.25, 0.3) is 5.91 Å². The number of nitrogens with zero attached hydrogens (tertiary/aromatic N) is 4. The van der Waals surface area contributed by atoms with Gasteiger partial charge in [0.15, 0.2) is 15.8 Å². The molecule has 0 bridgehead atoms. The lowest BCUT2D eigenvalue weighted by Gasteiger charge is -2.13. The summed E-state index contributed by atoms with van der Waals surface area (Å²) in [5, 5.41) is 10.2. The smallest absolute Gasteiger partial charge is 0.267 e. The summed E-state index contributed by atoms with van der Waals surface area (Å²) < 4.78 is 12.8. The Morgan fingerprint density at radius 3 is 2.67 bits per heavy atom. The minimum atomic E-state index is -0.615. The standard InChI is InChI=1S/C20H16ClN5O3S/c1-28-16-5-3-2-4-14(16)26-15(18(22)27)10-23-19(26)20-25-24-17(30-20)11-29-13-8-6-12(21)7-9-13/h2-10H,11H2,1H3,(H2,22,27). The van der Waals surface area contributed by atoms with E-state index in [1.807, 2.05) is 18.2 Å². The topological polar surface area (TPSA) is 105 Å². The lowest BCUT2D eigenvalue weighted by atomic mass is 10.2. The maximum Gasteiger partial charge on any atom is 0.267 e. The van der Waals surface area contributed by atoms with E-state index in [4.69, 9.17) is 26.8 Å². The van der Waals surface area contributed by atoms with Crippen LogP contribution in [0.15, 0.2) is 54.7 Å². The third-order valence-corrected chi connectivity index (χ3v) is 5.32. The van der Waals surface area contributed by atoms with Crippen LogP contribution in [0, 0.1) is 0 Å². The van der Waals surface area contributed by atoms with Gasteiger partial charge in [-0.15, -0.1) is 10.2 Å². The minimum absolute atomic E-state index is 0.212. The van der Waals surface area contributed by atoms with Gasteiger partial charge in [0.1, 0.15) is 23.8 Å². The second-order valence-electron chi connectivity index (χ2n) is 6.08. The van der Waals surface area contributed by atoms with Crippen LogP contribution < -0.4 is 15.2 Å². The molecule has 0 fully saturated rings. The molecule has 4 rings (SSSR count). The number of halogens is 1. The average Bonchev–Trinajstić information content (AvgIpc) is 3.40. The fourth-order valence-corrected chi connectivity index (χ4v) is 3.68. The van der Waals surface area contributed by atoms with Crippen LogP contribution >= 0.6 is 22.9 Å². The number of hydrogen-bond donors (Lipinski definition) is 1. The van der Waals surface area contributed by atoms with Crippen LogP contribution in [0.1, 0.15) is 15.5 Å². The van der Waals surface area contributed by atoms with Crippen molar-refractivity contribution in [3.63, 3.8) is 0 Å². The zero-order valence-electron chi connectivity index (χ0n) is 15.8. The molecule has 0 aliphatic carbocycles. The monoisotopic (exact) mass is 441 g/mol. The molecule has 0 radical (unpaired) electrons. The fraction of sp³-hybridized carbons (Fsp3) is 0.100. The van der Waals surface area contributed by atoms with E-state index in [0.29, 0.717) is 38.0 Å². The number of methoxy groups -OCH3 is 1. The van der Waals surface area contributed by atoms with Gasteiger partial charge in [0.05, 0.1) is 19.0 Å². The Morgan fingerprint density at radius 2 is 1.93 bits per heavy atom. The third-order valence-electron chi connectivity index (χ3n) is 4.17. The van der Waals surface area contributed by atoms with E-state index in [2.05, 4.69) is 15.2 Å². The molecule has 2 N–H and O–H groups in total. The number of primary amides is 1. The first-order valence-corrected chi connectivity index (χ1v) is 9.98. The van der Waals surface area contributed by atoms with Crippen LogP contribution in [0.25, 0.3) is 16.5 Å². The second kappa shape index (κ2) is 8.52. The number of benzene rings is 2. The molecule has 0 spiro atoms.